The summed E-state index contributed by atoms with van der Waals surface area (Å²) in [4.78, 5) is 20.8. The standard InChI is InChI=1S/C15H11FN2O2S/c1-7-14(21-8(2)17-7)12-6-10(15(19)20)9-4-3-5-11(16)13(9)18-12/h3-6H,1-2H3,(H,19,20). The third-order valence-corrected chi connectivity index (χ3v) is 4.25. The molecule has 0 aliphatic heterocycles. The number of benzene rings is 1. The van der Waals surface area contributed by atoms with Gasteiger partial charge in [-0.3, -0.25) is 0 Å². The topological polar surface area (TPSA) is 63.1 Å². The number of pyridine rings is 1. The summed E-state index contributed by atoms with van der Waals surface area (Å²) in [5.74, 6) is -1.64. The number of para-hydroxylation sites is 1. The molecule has 2 heterocycles. The van der Waals surface area contributed by atoms with Crippen molar-refractivity contribution in [3.05, 3.63) is 46.3 Å². The first-order chi connectivity index (χ1) is 9.97. The molecule has 1 N–H and O–H groups in total. The number of carboxylic acid groups (broad SMARTS) is 1. The van der Waals surface area contributed by atoms with Crippen LogP contribution in [0.15, 0.2) is 24.3 Å². The SMILES string of the molecule is Cc1nc(C)c(-c2cc(C(=O)O)c3cccc(F)c3n2)s1. The molecule has 21 heavy (non-hydrogen) atoms. The summed E-state index contributed by atoms with van der Waals surface area (Å²) < 4.78 is 14.0. The van der Waals surface area contributed by atoms with Crippen molar-refractivity contribution in [2.75, 3.05) is 0 Å². The predicted octanol–water partition coefficient (Wildman–Crippen LogP) is 3.81. The number of aromatic nitrogens is 2. The van der Waals surface area contributed by atoms with Gasteiger partial charge in [0.05, 0.1) is 26.8 Å². The summed E-state index contributed by atoms with van der Waals surface area (Å²) in [6.07, 6.45) is 0. The van der Waals surface area contributed by atoms with Gasteiger partial charge in [-0.15, -0.1) is 11.3 Å². The highest BCUT2D eigenvalue weighted by atomic mass is 32.1. The van der Waals surface area contributed by atoms with E-state index in [1.54, 1.807) is 6.07 Å². The van der Waals surface area contributed by atoms with Crippen LogP contribution < -0.4 is 0 Å². The van der Waals surface area contributed by atoms with Crippen molar-refractivity contribution >= 4 is 28.2 Å². The summed E-state index contributed by atoms with van der Waals surface area (Å²) in [6, 6.07) is 5.79. The second-order valence-corrected chi connectivity index (χ2v) is 5.85. The van der Waals surface area contributed by atoms with E-state index in [1.165, 1.54) is 29.5 Å². The largest absolute Gasteiger partial charge is 0.478 e. The zero-order valence-electron chi connectivity index (χ0n) is 11.3. The number of rotatable bonds is 2. The number of carbonyl (C=O) groups is 1. The molecule has 0 bridgehead atoms. The Morgan fingerprint density at radius 2 is 2.05 bits per heavy atom. The van der Waals surface area contributed by atoms with Crippen LogP contribution >= 0.6 is 11.3 Å². The van der Waals surface area contributed by atoms with E-state index in [-0.39, 0.29) is 11.1 Å². The molecule has 3 rings (SSSR count). The molecule has 0 spiro atoms. The van der Waals surface area contributed by atoms with Gasteiger partial charge in [-0.25, -0.2) is 19.2 Å². The molecule has 0 fully saturated rings. The van der Waals surface area contributed by atoms with Crippen molar-refractivity contribution in [1.82, 2.24) is 9.97 Å². The zero-order chi connectivity index (χ0) is 15.1. The Hall–Kier alpha value is -2.34. The summed E-state index contributed by atoms with van der Waals surface area (Å²) in [5, 5.41) is 10.5. The van der Waals surface area contributed by atoms with Gasteiger partial charge in [0.1, 0.15) is 11.3 Å². The van der Waals surface area contributed by atoms with Crippen LogP contribution in [0.4, 0.5) is 4.39 Å². The number of fused-ring (bicyclic) bond motifs is 1. The Kier molecular flexibility index (Phi) is 3.17. The zero-order valence-corrected chi connectivity index (χ0v) is 12.2. The van der Waals surface area contributed by atoms with Crippen molar-refractivity contribution < 1.29 is 14.3 Å². The van der Waals surface area contributed by atoms with E-state index in [1.807, 2.05) is 13.8 Å². The second-order valence-electron chi connectivity index (χ2n) is 4.64. The number of aryl methyl sites for hydroxylation is 2. The number of hydrogen-bond acceptors (Lipinski definition) is 4. The molecule has 0 aliphatic rings. The van der Waals surface area contributed by atoms with Crippen LogP contribution in [0.1, 0.15) is 21.1 Å². The van der Waals surface area contributed by atoms with Gasteiger partial charge in [0, 0.05) is 5.39 Å². The lowest BCUT2D eigenvalue weighted by atomic mass is 10.1. The fourth-order valence-electron chi connectivity index (χ4n) is 2.28. The van der Waals surface area contributed by atoms with Gasteiger partial charge in [-0.1, -0.05) is 12.1 Å². The number of hydrogen-bond donors (Lipinski definition) is 1. The number of halogens is 1. The fourth-order valence-corrected chi connectivity index (χ4v) is 3.16. The smallest absolute Gasteiger partial charge is 0.336 e. The molecule has 106 valence electrons. The summed E-state index contributed by atoms with van der Waals surface area (Å²) >= 11 is 1.41. The normalized spacial score (nSPS) is 11.0. The Balaban J connectivity index is 2.37. The Labute approximate surface area is 123 Å². The van der Waals surface area contributed by atoms with Crippen molar-refractivity contribution in [2.45, 2.75) is 13.8 Å². The molecule has 1 aromatic carbocycles. The van der Waals surface area contributed by atoms with Crippen LogP contribution in [-0.2, 0) is 0 Å². The summed E-state index contributed by atoms with van der Waals surface area (Å²) in [5.41, 5.74) is 1.31. The highest BCUT2D eigenvalue weighted by molar-refractivity contribution is 7.15. The Morgan fingerprint density at radius 3 is 2.67 bits per heavy atom. The van der Waals surface area contributed by atoms with Gasteiger partial charge >= 0.3 is 5.97 Å². The fraction of sp³-hybridized carbons (Fsp3) is 0.133. The van der Waals surface area contributed by atoms with Crippen LogP contribution in [0.2, 0.25) is 0 Å². The molecule has 0 aliphatic carbocycles. The lowest BCUT2D eigenvalue weighted by Crippen LogP contribution is -2.01. The number of carboxylic acids is 1. The first-order valence-electron chi connectivity index (χ1n) is 6.24. The molecule has 0 atom stereocenters. The number of aromatic carboxylic acids is 1. The molecular formula is C15H11FN2O2S. The molecule has 0 unspecified atom stereocenters. The van der Waals surface area contributed by atoms with Gasteiger partial charge in [0.25, 0.3) is 0 Å². The van der Waals surface area contributed by atoms with Gasteiger partial charge in [0.15, 0.2) is 0 Å². The maximum Gasteiger partial charge on any atom is 0.336 e. The quantitative estimate of drug-likeness (QED) is 0.782. The highest BCUT2D eigenvalue weighted by Crippen LogP contribution is 2.32. The maximum atomic E-state index is 14.0. The van der Waals surface area contributed by atoms with Gasteiger partial charge in [-0.05, 0) is 26.0 Å². The molecule has 6 heteroatoms. The van der Waals surface area contributed by atoms with E-state index < -0.39 is 11.8 Å². The number of nitrogens with zero attached hydrogens (tertiary/aromatic N) is 2. The highest BCUT2D eigenvalue weighted by Gasteiger charge is 2.17. The van der Waals surface area contributed by atoms with Gasteiger partial charge < -0.3 is 5.11 Å². The second kappa shape index (κ2) is 4.89. The molecule has 0 radical (unpaired) electrons. The summed E-state index contributed by atoms with van der Waals surface area (Å²) in [7, 11) is 0. The summed E-state index contributed by atoms with van der Waals surface area (Å²) in [6.45, 7) is 3.69. The van der Waals surface area contributed by atoms with Crippen LogP contribution in [0.5, 0.6) is 0 Å². The van der Waals surface area contributed by atoms with Crippen molar-refractivity contribution in [1.29, 1.82) is 0 Å². The van der Waals surface area contributed by atoms with E-state index in [4.69, 9.17) is 0 Å². The molecular weight excluding hydrogens is 291 g/mol. The maximum absolute atomic E-state index is 14.0. The minimum absolute atomic E-state index is 0.0416. The van der Waals surface area contributed by atoms with Crippen LogP contribution in [-0.4, -0.2) is 21.0 Å². The van der Waals surface area contributed by atoms with E-state index in [0.717, 1.165) is 15.6 Å². The molecule has 4 nitrogen and oxygen atoms in total. The van der Waals surface area contributed by atoms with Crippen LogP contribution in [0.3, 0.4) is 0 Å². The van der Waals surface area contributed by atoms with E-state index >= 15 is 0 Å². The average Bonchev–Trinajstić information content (AvgIpc) is 2.77. The average molecular weight is 302 g/mol. The van der Waals surface area contributed by atoms with Crippen LogP contribution in [0.25, 0.3) is 21.5 Å². The minimum Gasteiger partial charge on any atom is -0.478 e. The van der Waals surface area contributed by atoms with Crippen LogP contribution in [0, 0.1) is 19.7 Å². The minimum atomic E-state index is -1.10. The Morgan fingerprint density at radius 1 is 1.29 bits per heavy atom. The lowest BCUT2D eigenvalue weighted by Gasteiger charge is -2.06. The van der Waals surface area contributed by atoms with Crippen molar-refractivity contribution in [2.24, 2.45) is 0 Å². The van der Waals surface area contributed by atoms with Crippen molar-refractivity contribution in [3.63, 3.8) is 0 Å². The molecule has 0 saturated carbocycles. The monoisotopic (exact) mass is 302 g/mol. The molecule has 2 aromatic heterocycles. The molecule has 0 saturated heterocycles. The first kappa shape index (κ1) is 13.6. The first-order valence-corrected chi connectivity index (χ1v) is 7.06. The van der Waals surface area contributed by atoms with Crippen molar-refractivity contribution in [3.8, 4) is 10.6 Å². The lowest BCUT2D eigenvalue weighted by molar-refractivity contribution is 0.0699. The Bertz CT molecular complexity index is 873. The van der Waals surface area contributed by atoms with E-state index in [9.17, 15) is 14.3 Å². The number of thiazole rings is 1. The van der Waals surface area contributed by atoms with E-state index in [0.29, 0.717) is 11.1 Å². The third kappa shape index (κ3) is 2.27. The predicted molar refractivity (Wildman–Crippen MR) is 79.2 cm³/mol. The third-order valence-electron chi connectivity index (χ3n) is 3.16. The van der Waals surface area contributed by atoms with E-state index in [2.05, 4.69) is 9.97 Å². The molecule has 0 amide bonds. The molecule has 3 aromatic rings. The van der Waals surface area contributed by atoms with Gasteiger partial charge in [0.2, 0.25) is 0 Å². The van der Waals surface area contributed by atoms with Gasteiger partial charge in [-0.2, -0.15) is 0 Å².